The molecule has 0 unspecified atom stereocenters. The van der Waals surface area contributed by atoms with Gasteiger partial charge in [-0.1, -0.05) is 23.7 Å². The fourth-order valence-corrected chi connectivity index (χ4v) is 5.24. The fourth-order valence-electron chi connectivity index (χ4n) is 3.53. The van der Waals surface area contributed by atoms with Gasteiger partial charge in [0, 0.05) is 19.5 Å². The third-order valence-electron chi connectivity index (χ3n) is 5.01. The van der Waals surface area contributed by atoms with Crippen molar-refractivity contribution >= 4 is 50.5 Å². The van der Waals surface area contributed by atoms with Crippen LogP contribution in [0.15, 0.2) is 42.5 Å². The predicted molar refractivity (Wildman–Crippen MR) is 115 cm³/mol. The van der Waals surface area contributed by atoms with Gasteiger partial charge in [-0.15, -0.1) is 0 Å². The van der Waals surface area contributed by atoms with Gasteiger partial charge in [0.2, 0.25) is 15.9 Å². The standard InChI is InChI=1S/C20H20ClN3O5S/c21-16-13-14(24-19(25)7-12-30(24,27)28)5-6-15(16)20(26)22-17-3-1-2-4-18(17)23-8-10-29-11-9-23/h1-6,13H,7-12H2,(H,22,26). The summed E-state index contributed by atoms with van der Waals surface area (Å²) in [4.78, 5) is 26.9. The molecule has 0 aliphatic carbocycles. The van der Waals surface area contributed by atoms with Gasteiger partial charge in [0.25, 0.3) is 5.91 Å². The molecule has 0 radical (unpaired) electrons. The number of sulfonamides is 1. The van der Waals surface area contributed by atoms with E-state index in [4.69, 9.17) is 16.3 Å². The molecule has 1 N–H and O–H groups in total. The molecule has 2 aliphatic rings. The van der Waals surface area contributed by atoms with Gasteiger partial charge < -0.3 is 15.0 Å². The van der Waals surface area contributed by atoms with E-state index in [9.17, 15) is 18.0 Å². The number of ether oxygens (including phenoxy) is 1. The van der Waals surface area contributed by atoms with Crippen LogP contribution in [-0.4, -0.2) is 52.3 Å². The fraction of sp³-hybridized carbons (Fsp3) is 0.300. The summed E-state index contributed by atoms with van der Waals surface area (Å²) >= 11 is 6.28. The Morgan fingerprint density at radius 2 is 1.83 bits per heavy atom. The summed E-state index contributed by atoms with van der Waals surface area (Å²) in [6.07, 6.45) is -0.0689. The van der Waals surface area contributed by atoms with E-state index in [2.05, 4.69) is 10.2 Å². The number of hydrogen-bond acceptors (Lipinski definition) is 6. The minimum absolute atomic E-state index is 0.0590. The molecule has 2 aromatic rings. The van der Waals surface area contributed by atoms with Crippen molar-refractivity contribution < 1.29 is 22.7 Å². The molecule has 0 bridgehead atoms. The van der Waals surface area contributed by atoms with Crippen LogP contribution in [0.2, 0.25) is 5.02 Å². The third kappa shape index (κ3) is 4.00. The van der Waals surface area contributed by atoms with E-state index in [0.717, 1.165) is 23.1 Å². The molecular formula is C20H20ClN3O5S. The van der Waals surface area contributed by atoms with Gasteiger partial charge in [-0.05, 0) is 30.3 Å². The number of rotatable bonds is 4. The highest BCUT2D eigenvalue weighted by Crippen LogP contribution is 2.31. The lowest BCUT2D eigenvalue weighted by Crippen LogP contribution is -2.36. The van der Waals surface area contributed by atoms with Gasteiger partial charge in [-0.2, -0.15) is 0 Å². The lowest BCUT2D eigenvalue weighted by atomic mass is 10.1. The van der Waals surface area contributed by atoms with Crippen molar-refractivity contribution in [1.29, 1.82) is 0 Å². The SMILES string of the molecule is O=C(Nc1ccccc1N1CCOCC1)c1ccc(N2C(=O)CCS2(=O)=O)cc1Cl. The molecule has 8 nitrogen and oxygen atoms in total. The van der Waals surface area contributed by atoms with Crippen molar-refractivity contribution in [3.8, 4) is 0 Å². The van der Waals surface area contributed by atoms with Gasteiger partial charge in [-0.3, -0.25) is 9.59 Å². The van der Waals surface area contributed by atoms with Gasteiger partial charge in [0.15, 0.2) is 0 Å². The van der Waals surface area contributed by atoms with Gasteiger partial charge in [0.05, 0.1) is 46.6 Å². The Labute approximate surface area is 179 Å². The molecule has 158 valence electrons. The van der Waals surface area contributed by atoms with Crippen molar-refractivity contribution in [3.63, 3.8) is 0 Å². The van der Waals surface area contributed by atoms with Crippen LogP contribution in [0.3, 0.4) is 0 Å². The zero-order valence-electron chi connectivity index (χ0n) is 16.0. The summed E-state index contributed by atoms with van der Waals surface area (Å²) in [5.41, 5.74) is 1.84. The van der Waals surface area contributed by atoms with E-state index < -0.39 is 21.8 Å². The van der Waals surface area contributed by atoms with Gasteiger partial charge in [-0.25, -0.2) is 12.7 Å². The largest absolute Gasteiger partial charge is 0.378 e. The average molecular weight is 450 g/mol. The van der Waals surface area contributed by atoms with Crippen LogP contribution in [0, 0.1) is 0 Å². The van der Waals surface area contributed by atoms with Crippen molar-refractivity contribution in [2.75, 3.05) is 46.6 Å². The summed E-state index contributed by atoms with van der Waals surface area (Å²) < 4.78 is 30.3. The molecule has 0 saturated carbocycles. The molecule has 2 saturated heterocycles. The second kappa shape index (κ2) is 8.25. The Hall–Kier alpha value is -2.62. The number of nitrogens with zero attached hydrogens (tertiary/aromatic N) is 2. The number of hydrogen-bond donors (Lipinski definition) is 1. The Kier molecular flexibility index (Phi) is 5.68. The van der Waals surface area contributed by atoms with E-state index in [1.807, 2.05) is 18.2 Å². The Balaban J connectivity index is 1.57. The number of anilines is 3. The summed E-state index contributed by atoms with van der Waals surface area (Å²) in [6, 6.07) is 11.6. The molecule has 30 heavy (non-hydrogen) atoms. The number of amides is 2. The molecule has 2 fully saturated rings. The van der Waals surface area contributed by atoms with E-state index >= 15 is 0 Å². The van der Waals surface area contributed by atoms with E-state index in [1.165, 1.54) is 18.2 Å². The molecule has 0 spiro atoms. The second-order valence-corrected chi connectivity index (χ2v) is 9.30. The lowest BCUT2D eigenvalue weighted by Gasteiger charge is -2.30. The molecule has 2 amide bonds. The third-order valence-corrected chi connectivity index (χ3v) is 7.02. The zero-order chi connectivity index (χ0) is 21.3. The average Bonchev–Trinajstić information content (AvgIpc) is 3.01. The zero-order valence-corrected chi connectivity index (χ0v) is 17.6. The van der Waals surface area contributed by atoms with E-state index in [1.54, 1.807) is 6.07 Å². The minimum Gasteiger partial charge on any atom is -0.378 e. The Morgan fingerprint density at radius 3 is 2.50 bits per heavy atom. The number of carbonyl (C=O) groups excluding carboxylic acids is 2. The highest BCUT2D eigenvalue weighted by atomic mass is 35.5. The smallest absolute Gasteiger partial charge is 0.257 e. The van der Waals surface area contributed by atoms with Crippen LogP contribution in [-0.2, 0) is 19.6 Å². The predicted octanol–water partition coefficient (Wildman–Crippen LogP) is 2.50. The molecule has 0 atom stereocenters. The summed E-state index contributed by atoms with van der Waals surface area (Å²) in [6.45, 7) is 2.68. The maximum Gasteiger partial charge on any atom is 0.257 e. The highest BCUT2D eigenvalue weighted by molar-refractivity contribution is 7.94. The van der Waals surface area contributed by atoms with Crippen LogP contribution >= 0.6 is 11.6 Å². The molecule has 2 heterocycles. The van der Waals surface area contributed by atoms with Crippen LogP contribution in [0.1, 0.15) is 16.8 Å². The molecule has 2 aromatic carbocycles. The first kappa shape index (κ1) is 20.6. The van der Waals surface area contributed by atoms with Gasteiger partial charge >= 0.3 is 0 Å². The molecule has 0 aromatic heterocycles. The molecule has 4 rings (SSSR count). The molecule has 10 heteroatoms. The Morgan fingerprint density at radius 1 is 1.10 bits per heavy atom. The molecular weight excluding hydrogens is 430 g/mol. The summed E-state index contributed by atoms with van der Waals surface area (Å²) in [5, 5.41) is 2.93. The first-order valence-corrected chi connectivity index (χ1v) is 11.4. The number of halogens is 1. The van der Waals surface area contributed by atoms with E-state index in [0.29, 0.717) is 18.9 Å². The number of para-hydroxylation sites is 2. The number of morpholine rings is 1. The summed E-state index contributed by atoms with van der Waals surface area (Å²) in [5.74, 6) is -1.17. The van der Waals surface area contributed by atoms with Gasteiger partial charge in [0.1, 0.15) is 0 Å². The van der Waals surface area contributed by atoms with Crippen LogP contribution < -0.4 is 14.5 Å². The first-order chi connectivity index (χ1) is 14.4. The number of carbonyl (C=O) groups is 2. The van der Waals surface area contributed by atoms with Crippen LogP contribution in [0.4, 0.5) is 17.1 Å². The molecule has 2 aliphatic heterocycles. The number of nitrogens with one attached hydrogen (secondary N) is 1. The second-order valence-electron chi connectivity index (χ2n) is 6.96. The Bertz CT molecular complexity index is 1100. The lowest BCUT2D eigenvalue weighted by molar-refractivity contribution is -0.116. The maximum absolute atomic E-state index is 12.9. The van der Waals surface area contributed by atoms with Crippen molar-refractivity contribution in [1.82, 2.24) is 0 Å². The first-order valence-electron chi connectivity index (χ1n) is 9.45. The maximum atomic E-state index is 12.9. The quantitative estimate of drug-likeness (QED) is 0.770. The van der Waals surface area contributed by atoms with Crippen molar-refractivity contribution in [2.45, 2.75) is 6.42 Å². The normalized spacial score (nSPS) is 18.5. The monoisotopic (exact) mass is 449 g/mol. The number of benzene rings is 2. The summed E-state index contributed by atoms with van der Waals surface area (Å²) in [7, 11) is -3.70. The highest BCUT2D eigenvalue weighted by Gasteiger charge is 2.36. The van der Waals surface area contributed by atoms with Crippen LogP contribution in [0.25, 0.3) is 0 Å². The van der Waals surface area contributed by atoms with Crippen LogP contribution in [0.5, 0.6) is 0 Å². The minimum atomic E-state index is -3.70. The topological polar surface area (TPSA) is 96.0 Å². The van der Waals surface area contributed by atoms with Crippen molar-refractivity contribution in [2.24, 2.45) is 0 Å². The van der Waals surface area contributed by atoms with Crippen molar-refractivity contribution in [3.05, 3.63) is 53.1 Å². The van der Waals surface area contributed by atoms with E-state index in [-0.39, 0.29) is 28.4 Å².